The van der Waals surface area contributed by atoms with Crippen molar-refractivity contribution in [3.63, 3.8) is 0 Å². The van der Waals surface area contributed by atoms with E-state index in [1.54, 1.807) is 29.6 Å². The molecule has 4 heterocycles. The van der Waals surface area contributed by atoms with Gasteiger partial charge in [-0.25, -0.2) is 15.0 Å². The fourth-order valence-corrected chi connectivity index (χ4v) is 5.60. The number of benzene rings is 1. The zero-order valence-corrected chi connectivity index (χ0v) is 24.5. The summed E-state index contributed by atoms with van der Waals surface area (Å²) in [6.07, 6.45) is 7.55. The van der Waals surface area contributed by atoms with Gasteiger partial charge in [-0.15, -0.1) is 0 Å². The Labute approximate surface area is 254 Å². The number of alkyl halides is 3. The smallest absolute Gasteiger partial charge is 0.384 e. The van der Waals surface area contributed by atoms with Crippen molar-refractivity contribution in [2.24, 2.45) is 0 Å². The Bertz CT molecular complexity index is 1510. The number of nitrogens with one attached hydrogen (secondary N) is 2. The van der Waals surface area contributed by atoms with Gasteiger partial charge in [0.05, 0.1) is 17.5 Å². The molecule has 1 amide bonds. The van der Waals surface area contributed by atoms with Crippen molar-refractivity contribution in [3.8, 4) is 22.8 Å². The van der Waals surface area contributed by atoms with Crippen molar-refractivity contribution in [1.82, 2.24) is 35.1 Å². The maximum atomic E-state index is 12.7. The van der Waals surface area contributed by atoms with Crippen LogP contribution in [0.5, 0.6) is 0 Å². The molecule has 44 heavy (non-hydrogen) atoms. The molecule has 9 nitrogen and oxygen atoms in total. The number of pyridine rings is 1. The number of hydrogen-bond acceptors (Lipinski definition) is 7. The molecule has 1 aliphatic heterocycles. The second-order valence-electron chi connectivity index (χ2n) is 11.1. The number of carbonyl (C=O) groups is 1. The number of aromatic nitrogens is 5. The lowest BCUT2D eigenvalue weighted by molar-refractivity contribution is -0.137. The van der Waals surface area contributed by atoms with Crippen molar-refractivity contribution in [2.75, 3.05) is 19.6 Å². The Morgan fingerprint density at radius 2 is 1.73 bits per heavy atom. The lowest BCUT2D eigenvalue weighted by Gasteiger charge is -2.35. The standard InChI is InChI=1S/C17H22N4O.C15H14F3N3O/c1-2-18-14-6-8-17(22,9-7-14)15-5-4-13(12-21-15)16-19-10-3-11-20-16;16-15(17,18)11-5-3-4-10(8-11)13-19-9-12(20-13)14(22)21-6-1-2-7-21/h3-5,10-12,14,18,22H,2,6-9H2,1H3;3-5,8-9H,1-2,6-7H2,(H,19,20). The van der Waals surface area contributed by atoms with Gasteiger partial charge in [0.25, 0.3) is 5.91 Å². The molecule has 0 atom stereocenters. The average molecular weight is 608 g/mol. The molecule has 0 spiro atoms. The number of aliphatic hydroxyl groups is 1. The van der Waals surface area contributed by atoms with Gasteiger partial charge in [0.15, 0.2) is 5.82 Å². The molecule has 2 fully saturated rings. The predicted octanol–water partition coefficient (Wildman–Crippen LogP) is 5.61. The molecule has 4 aromatic rings. The number of carbonyl (C=O) groups excluding carboxylic acids is 1. The summed E-state index contributed by atoms with van der Waals surface area (Å²) in [5.41, 5.74) is 0.678. The van der Waals surface area contributed by atoms with Crippen molar-refractivity contribution in [2.45, 2.75) is 63.3 Å². The Morgan fingerprint density at radius 1 is 1.00 bits per heavy atom. The summed E-state index contributed by atoms with van der Waals surface area (Å²) in [6, 6.07) is 11.0. The Hall–Kier alpha value is -4.16. The molecule has 3 aromatic heterocycles. The maximum Gasteiger partial charge on any atom is 0.416 e. The largest absolute Gasteiger partial charge is 0.416 e. The number of nitrogens with zero attached hydrogens (tertiary/aromatic N) is 5. The number of H-pyrrole nitrogens is 1. The van der Waals surface area contributed by atoms with Crippen molar-refractivity contribution >= 4 is 5.91 Å². The fourth-order valence-electron chi connectivity index (χ4n) is 5.60. The van der Waals surface area contributed by atoms with Crippen LogP contribution in [0.15, 0.2) is 67.3 Å². The summed E-state index contributed by atoms with van der Waals surface area (Å²) < 4.78 is 38.2. The summed E-state index contributed by atoms with van der Waals surface area (Å²) in [5, 5.41) is 14.3. The van der Waals surface area contributed by atoms with Gasteiger partial charge in [-0.05, 0) is 75.4 Å². The van der Waals surface area contributed by atoms with E-state index >= 15 is 0 Å². The SMILES string of the molecule is CCNC1CCC(O)(c2ccc(-c3ncccn3)cn2)CC1.O=C(c1cnc(-c2cccc(C(F)(F)F)c2)[nH]1)N1CCCC1. The van der Waals surface area contributed by atoms with Crippen molar-refractivity contribution in [1.29, 1.82) is 0 Å². The normalized spacial score (nSPS) is 20.2. The van der Waals surface area contributed by atoms with Crippen molar-refractivity contribution < 1.29 is 23.1 Å². The number of likely N-dealkylation sites (tertiary alicyclic amines) is 1. The molecule has 1 aromatic carbocycles. The van der Waals surface area contributed by atoms with Crippen LogP contribution >= 0.6 is 0 Å². The molecular weight excluding hydrogens is 571 g/mol. The molecule has 3 N–H and O–H groups in total. The van der Waals surface area contributed by atoms with Gasteiger partial charge < -0.3 is 20.3 Å². The van der Waals surface area contributed by atoms with E-state index in [-0.39, 0.29) is 11.7 Å². The number of hydrogen-bond donors (Lipinski definition) is 3. The summed E-state index contributed by atoms with van der Waals surface area (Å²) in [5.74, 6) is 0.751. The molecule has 1 saturated heterocycles. The molecule has 0 bridgehead atoms. The van der Waals surface area contributed by atoms with Gasteiger partial charge in [-0.1, -0.05) is 19.1 Å². The first-order valence-corrected chi connectivity index (χ1v) is 14.9. The van der Waals surface area contributed by atoms with Crippen molar-refractivity contribution in [3.05, 3.63) is 84.2 Å². The summed E-state index contributed by atoms with van der Waals surface area (Å²) >= 11 is 0. The maximum absolute atomic E-state index is 12.7. The summed E-state index contributed by atoms with van der Waals surface area (Å²) in [4.78, 5) is 33.7. The highest BCUT2D eigenvalue weighted by Gasteiger charge is 2.36. The number of rotatable bonds is 6. The number of amides is 1. The first kappa shape index (κ1) is 31.3. The molecule has 6 rings (SSSR count). The third-order valence-electron chi connectivity index (χ3n) is 8.03. The fraction of sp³-hybridized carbons (Fsp3) is 0.406. The predicted molar refractivity (Wildman–Crippen MR) is 159 cm³/mol. The second kappa shape index (κ2) is 13.6. The van der Waals surface area contributed by atoms with E-state index < -0.39 is 17.3 Å². The van der Waals surface area contributed by atoms with Gasteiger partial charge in [-0.2, -0.15) is 13.2 Å². The molecule has 232 valence electrons. The van der Waals surface area contributed by atoms with E-state index in [9.17, 15) is 23.1 Å². The molecule has 12 heteroatoms. The highest BCUT2D eigenvalue weighted by Crippen LogP contribution is 2.36. The van der Waals surface area contributed by atoms with E-state index in [1.165, 1.54) is 18.3 Å². The topological polar surface area (TPSA) is 120 Å². The average Bonchev–Trinajstić information content (AvgIpc) is 3.76. The van der Waals surface area contributed by atoms with Crippen LogP contribution in [0, 0.1) is 0 Å². The number of halogens is 3. The molecule has 1 saturated carbocycles. The van der Waals surface area contributed by atoms with Gasteiger partial charge in [0.2, 0.25) is 0 Å². The van der Waals surface area contributed by atoms with Gasteiger partial charge in [-0.3, -0.25) is 9.78 Å². The minimum Gasteiger partial charge on any atom is -0.384 e. The van der Waals surface area contributed by atoms with Crippen LogP contribution in [-0.2, 0) is 11.8 Å². The number of imidazole rings is 1. The van der Waals surface area contributed by atoms with E-state index in [0.717, 1.165) is 68.5 Å². The first-order chi connectivity index (χ1) is 21.2. The van der Waals surface area contributed by atoms with Crippen LogP contribution in [0.2, 0.25) is 0 Å². The first-order valence-electron chi connectivity index (χ1n) is 14.9. The summed E-state index contributed by atoms with van der Waals surface area (Å²) in [6.45, 7) is 4.51. The Morgan fingerprint density at radius 3 is 2.36 bits per heavy atom. The molecule has 0 radical (unpaired) electrons. The highest BCUT2D eigenvalue weighted by atomic mass is 19.4. The molecule has 1 aliphatic carbocycles. The molecule has 2 aliphatic rings. The van der Waals surface area contributed by atoms with E-state index in [4.69, 9.17) is 0 Å². The quantitative estimate of drug-likeness (QED) is 0.261. The van der Waals surface area contributed by atoms with Gasteiger partial charge in [0, 0.05) is 48.8 Å². The van der Waals surface area contributed by atoms with Crippen LogP contribution in [0.25, 0.3) is 22.8 Å². The lowest BCUT2D eigenvalue weighted by Crippen LogP contribution is -2.40. The zero-order valence-electron chi connectivity index (χ0n) is 24.5. The molecular formula is C32H36F3N7O2. The Balaban J connectivity index is 0.000000175. The third kappa shape index (κ3) is 7.48. The van der Waals surface area contributed by atoms with Gasteiger partial charge >= 0.3 is 6.18 Å². The van der Waals surface area contributed by atoms with Gasteiger partial charge in [0.1, 0.15) is 17.1 Å². The highest BCUT2D eigenvalue weighted by molar-refractivity contribution is 5.92. The van der Waals surface area contributed by atoms with Crippen LogP contribution in [0.1, 0.15) is 67.2 Å². The summed E-state index contributed by atoms with van der Waals surface area (Å²) in [7, 11) is 0. The van der Waals surface area contributed by atoms with E-state index in [2.05, 4.69) is 37.2 Å². The molecule has 0 unspecified atom stereocenters. The van der Waals surface area contributed by atoms with Crippen LogP contribution in [-0.4, -0.2) is 66.5 Å². The van der Waals surface area contributed by atoms with Crippen LogP contribution in [0.4, 0.5) is 13.2 Å². The zero-order chi connectivity index (χ0) is 31.2. The van der Waals surface area contributed by atoms with Crippen LogP contribution < -0.4 is 5.32 Å². The third-order valence-corrected chi connectivity index (χ3v) is 8.03. The number of aromatic amines is 1. The minimum absolute atomic E-state index is 0.164. The monoisotopic (exact) mass is 607 g/mol. The van der Waals surface area contributed by atoms with Crippen LogP contribution in [0.3, 0.4) is 0 Å². The van der Waals surface area contributed by atoms with E-state index in [1.807, 2.05) is 12.1 Å². The Kier molecular flexibility index (Phi) is 9.70. The second-order valence-corrected chi connectivity index (χ2v) is 11.1. The minimum atomic E-state index is -4.41. The lowest BCUT2D eigenvalue weighted by atomic mass is 9.80. The van der Waals surface area contributed by atoms with E-state index in [0.29, 0.717) is 36.2 Å².